The van der Waals surface area contributed by atoms with E-state index >= 15 is 0 Å². The molecule has 0 aliphatic carbocycles. The number of aromatic nitrogens is 2. The van der Waals surface area contributed by atoms with Crippen LogP contribution in [-0.2, 0) is 16.0 Å². The number of carbonyl (C=O) groups excluding carboxylic acids is 2. The molecule has 0 aliphatic heterocycles. The molecule has 7 heteroatoms. The number of carbonyl (C=O) groups is 2. The number of thiazole rings is 1. The van der Waals surface area contributed by atoms with Crippen molar-refractivity contribution in [3.63, 3.8) is 0 Å². The molecule has 0 saturated heterocycles. The minimum Gasteiger partial charge on any atom is -0.462 e. The predicted molar refractivity (Wildman–Crippen MR) is 100 cm³/mol. The zero-order valence-electron chi connectivity index (χ0n) is 14.1. The van der Waals surface area contributed by atoms with Gasteiger partial charge in [-0.3, -0.25) is 9.78 Å². The Hall–Kier alpha value is -3.06. The third-order valence-corrected chi connectivity index (χ3v) is 4.37. The number of amides is 1. The van der Waals surface area contributed by atoms with Crippen molar-refractivity contribution in [3.05, 3.63) is 65.3 Å². The highest BCUT2D eigenvalue weighted by Gasteiger charge is 2.11. The van der Waals surface area contributed by atoms with E-state index in [9.17, 15) is 9.59 Å². The molecule has 0 spiro atoms. The van der Waals surface area contributed by atoms with Crippen LogP contribution in [0.3, 0.4) is 0 Å². The van der Waals surface area contributed by atoms with E-state index in [1.807, 2.05) is 23.6 Å². The van der Waals surface area contributed by atoms with Gasteiger partial charge in [0.2, 0.25) is 5.91 Å². The summed E-state index contributed by atoms with van der Waals surface area (Å²) in [5.74, 6) is -0.554. The van der Waals surface area contributed by atoms with E-state index in [1.165, 1.54) is 11.3 Å². The number of esters is 1. The third kappa shape index (κ3) is 4.52. The lowest BCUT2D eigenvalue weighted by atomic mass is 10.2. The van der Waals surface area contributed by atoms with Gasteiger partial charge in [0.05, 0.1) is 30.0 Å². The van der Waals surface area contributed by atoms with Gasteiger partial charge in [-0.25, -0.2) is 9.78 Å². The summed E-state index contributed by atoms with van der Waals surface area (Å²) in [6, 6.07) is 12.2. The largest absolute Gasteiger partial charge is 0.462 e. The lowest BCUT2D eigenvalue weighted by Crippen LogP contribution is -2.14. The van der Waals surface area contributed by atoms with E-state index in [-0.39, 0.29) is 18.3 Å². The minimum absolute atomic E-state index is 0.170. The van der Waals surface area contributed by atoms with Gasteiger partial charge in [-0.1, -0.05) is 6.07 Å². The summed E-state index contributed by atoms with van der Waals surface area (Å²) >= 11 is 1.46. The first-order valence-corrected chi connectivity index (χ1v) is 8.96. The standard InChI is InChI=1S/C19H17N3O3S/c1-2-25-19(24)13-6-8-14(9-7-13)21-17(23)11-15-12-26-18(22-15)16-5-3-4-10-20-16/h3-10,12H,2,11H2,1H3,(H,21,23). The molecule has 0 saturated carbocycles. The molecule has 0 bridgehead atoms. The molecule has 26 heavy (non-hydrogen) atoms. The highest BCUT2D eigenvalue weighted by atomic mass is 32.1. The van der Waals surface area contributed by atoms with Gasteiger partial charge < -0.3 is 10.1 Å². The average molecular weight is 367 g/mol. The van der Waals surface area contributed by atoms with Crippen molar-refractivity contribution in [2.24, 2.45) is 0 Å². The first-order valence-electron chi connectivity index (χ1n) is 8.08. The SMILES string of the molecule is CCOC(=O)c1ccc(NC(=O)Cc2csc(-c3ccccn3)n2)cc1. The van der Waals surface area contributed by atoms with Crippen LogP contribution in [0.4, 0.5) is 5.69 Å². The van der Waals surface area contributed by atoms with Gasteiger partial charge >= 0.3 is 5.97 Å². The van der Waals surface area contributed by atoms with Crippen LogP contribution in [-0.4, -0.2) is 28.5 Å². The van der Waals surface area contributed by atoms with Crippen molar-refractivity contribution < 1.29 is 14.3 Å². The van der Waals surface area contributed by atoms with Gasteiger partial charge in [0, 0.05) is 17.3 Å². The van der Waals surface area contributed by atoms with E-state index in [1.54, 1.807) is 37.4 Å². The van der Waals surface area contributed by atoms with Gasteiger partial charge in [-0.2, -0.15) is 0 Å². The van der Waals surface area contributed by atoms with Crippen LogP contribution in [0.15, 0.2) is 54.0 Å². The normalized spacial score (nSPS) is 10.3. The zero-order valence-corrected chi connectivity index (χ0v) is 15.0. The van der Waals surface area contributed by atoms with Crippen LogP contribution < -0.4 is 5.32 Å². The van der Waals surface area contributed by atoms with E-state index in [0.717, 1.165) is 10.7 Å². The molecule has 132 valence electrons. The fourth-order valence-corrected chi connectivity index (χ4v) is 3.06. The van der Waals surface area contributed by atoms with E-state index in [4.69, 9.17) is 4.74 Å². The highest BCUT2D eigenvalue weighted by molar-refractivity contribution is 7.13. The summed E-state index contributed by atoms with van der Waals surface area (Å²) in [6.45, 7) is 2.08. The maximum Gasteiger partial charge on any atom is 0.338 e. The molecule has 0 fully saturated rings. The van der Waals surface area contributed by atoms with Gasteiger partial charge in [0.25, 0.3) is 0 Å². The number of nitrogens with one attached hydrogen (secondary N) is 1. The molecule has 1 aromatic carbocycles. The summed E-state index contributed by atoms with van der Waals surface area (Å²) in [7, 11) is 0. The molecule has 0 atom stereocenters. The lowest BCUT2D eigenvalue weighted by molar-refractivity contribution is -0.115. The van der Waals surface area contributed by atoms with Gasteiger partial charge in [0.15, 0.2) is 0 Å². The van der Waals surface area contributed by atoms with Crippen LogP contribution in [0.5, 0.6) is 0 Å². The third-order valence-electron chi connectivity index (χ3n) is 3.46. The molecule has 0 unspecified atom stereocenters. The summed E-state index contributed by atoms with van der Waals surface area (Å²) in [4.78, 5) is 32.5. The number of rotatable bonds is 6. The number of hydrogen-bond donors (Lipinski definition) is 1. The molecule has 3 rings (SSSR count). The Balaban J connectivity index is 1.59. The van der Waals surface area contributed by atoms with Crippen molar-refractivity contribution in [2.75, 3.05) is 11.9 Å². The van der Waals surface area contributed by atoms with Crippen molar-refractivity contribution in [3.8, 4) is 10.7 Å². The van der Waals surface area contributed by atoms with E-state index in [2.05, 4.69) is 15.3 Å². The Labute approximate surface area is 154 Å². The Kier molecular flexibility index (Phi) is 5.70. The number of benzene rings is 1. The Bertz CT molecular complexity index is 892. The summed E-state index contributed by atoms with van der Waals surface area (Å²) in [6.07, 6.45) is 1.88. The lowest BCUT2D eigenvalue weighted by Gasteiger charge is -2.06. The molecule has 0 aliphatic rings. The molecule has 3 aromatic rings. The van der Waals surface area contributed by atoms with Gasteiger partial charge in [-0.05, 0) is 43.3 Å². The molecular formula is C19H17N3O3S. The summed E-state index contributed by atoms with van der Waals surface area (Å²) < 4.78 is 4.93. The molecule has 0 radical (unpaired) electrons. The predicted octanol–water partition coefficient (Wildman–Crippen LogP) is 3.56. The van der Waals surface area contributed by atoms with Gasteiger partial charge in [-0.15, -0.1) is 11.3 Å². The minimum atomic E-state index is -0.380. The maximum absolute atomic E-state index is 12.2. The van der Waals surface area contributed by atoms with Crippen LogP contribution >= 0.6 is 11.3 Å². The summed E-state index contributed by atoms with van der Waals surface area (Å²) in [5, 5.41) is 5.43. The van der Waals surface area contributed by atoms with Crippen molar-refractivity contribution in [1.82, 2.24) is 9.97 Å². The molecule has 2 heterocycles. The van der Waals surface area contributed by atoms with E-state index in [0.29, 0.717) is 23.6 Å². The van der Waals surface area contributed by atoms with Crippen molar-refractivity contribution in [1.29, 1.82) is 0 Å². The van der Waals surface area contributed by atoms with Crippen molar-refractivity contribution in [2.45, 2.75) is 13.3 Å². The maximum atomic E-state index is 12.2. The second-order valence-electron chi connectivity index (χ2n) is 5.38. The first-order chi connectivity index (χ1) is 12.7. The van der Waals surface area contributed by atoms with Crippen LogP contribution in [0.25, 0.3) is 10.7 Å². The number of anilines is 1. The second-order valence-corrected chi connectivity index (χ2v) is 6.24. The topological polar surface area (TPSA) is 81.2 Å². The van der Waals surface area contributed by atoms with Gasteiger partial charge in [0.1, 0.15) is 5.01 Å². The van der Waals surface area contributed by atoms with Crippen LogP contribution in [0.1, 0.15) is 23.0 Å². The smallest absolute Gasteiger partial charge is 0.338 e. The fourth-order valence-electron chi connectivity index (χ4n) is 2.27. The number of hydrogen-bond acceptors (Lipinski definition) is 6. The Morgan fingerprint density at radius 1 is 1.15 bits per heavy atom. The zero-order chi connectivity index (χ0) is 18.4. The average Bonchev–Trinajstić information content (AvgIpc) is 3.11. The molecular weight excluding hydrogens is 350 g/mol. The number of ether oxygens (including phenoxy) is 1. The van der Waals surface area contributed by atoms with Crippen molar-refractivity contribution >= 4 is 28.9 Å². The Morgan fingerprint density at radius 2 is 1.96 bits per heavy atom. The van der Waals surface area contributed by atoms with Crippen LogP contribution in [0, 0.1) is 0 Å². The number of nitrogens with zero attached hydrogens (tertiary/aromatic N) is 2. The molecule has 1 amide bonds. The quantitative estimate of drug-likeness (QED) is 0.674. The number of pyridine rings is 1. The molecule has 6 nitrogen and oxygen atoms in total. The molecule has 2 aromatic heterocycles. The van der Waals surface area contributed by atoms with Crippen LogP contribution in [0.2, 0.25) is 0 Å². The summed E-state index contributed by atoms with van der Waals surface area (Å²) in [5.41, 5.74) is 2.54. The first kappa shape index (κ1) is 17.8. The van der Waals surface area contributed by atoms with E-state index < -0.39 is 0 Å². The Morgan fingerprint density at radius 3 is 2.65 bits per heavy atom. The highest BCUT2D eigenvalue weighted by Crippen LogP contribution is 2.21. The fraction of sp³-hybridized carbons (Fsp3) is 0.158. The second kappa shape index (κ2) is 8.35. The molecule has 1 N–H and O–H groups in total. The monoisotopic (exact) mass is 367 g/mol.